The number of ether oxygens (including phenoxy) is 1. The Balaban J connectivity index is 1.70. The second-order valence-electron chi connectivity index (χ2n) is 7.13. The molecule has 10 nitrogen and oxygen atoms in total. The summed E-state index contributed by atoms with van der Waals surface area (Å²) in [5.41, 5.74) is 12.0. The second-order valence-corrected chi connectivity index (χ2v) is 7.13. The summed E-state index contributed by atoms with van der Waals surface area (Å²) >= 11 is 0. The van der Waals surface area contributed by atoms with Gasteiger partial charge in [-0.2, -0.15) is 18.3 Å². The van der Waals surface area contributed by atoms with E-state index in [0.29, 0.717) is 0 Å². The fourth-order valence-corrected chi connectivity index (χ4v) is 3.09. The van der Waals surface area contributed by atoms with Crippen LogP contribution < -0.4 is 21.5 Å². The van der Waals surface area contributed by atoms with Gasteiger partial charge in [0.15, 0.2) is 23.1 Å². The Morgan fingerprint density at radius 3 is 2.46 bits per heavy atom. The Bertz CT molecular complexity index is 1400. The van der Waals surface area contributed by atoms with Crippen LogP contribution in [-0.4, -0.2) is 43.5 Å². The number of hydrogen-bond acceptors (Lipinski definition) is 8. The molecule has 0 atom stereocenters. The van der Waals surface area contributed by atoms with Gasteiger partial charge in [-0.05, 0) is 12.1 Å². The third kappa shape index (κ3) is 5.18. The number of anilines is 2. The Hall–Kier alpha value is -4.56. The summed E-state index contributed by atoms with van der Waals surface area (Å²) in [6, 6.07) is 7.06. The van der Waals surface area contributed by atoms with Crippen molar-refractivity contribution in [1.82, 2.24) is 30.0 Å². The lowest BCUT2D eigenvalue weighted by molar-refractivity contribution is -0.123. The van der Waals surface area contributed by atoms with E-state index in [9.17, 15) is 26.7 Å². The molecule has 1 aromatic carbocycles. The van der Waals surface area contributed by atoms with Crippen molar-refractivity contribution < 1.29 is 31.5 Å². The maximum atomic E-state index is 14.2. The minimum atomic E-state index is -4.66. The number of alkyl halides is 3. The quantitative estimate of drug-likeness (QED) is 0.359. The van der Waals surface area contributed by atoms with Crippen molar-refractivity contribution in [3.8, 4) is 17.3 Å². The summed E-state index contributed by atoms with van der Waals surface area (Å²) in [5, 5.41) is 5.94. The molecule has 5 N–H and O–H groups in total. The molecular formula is C20H15F5N8O2. The fourth-order valence-electron chi connectivity index (χ4n) is 3.09. The maximum absolute atomic E-state index is 14.2. The molecule has 0 aliphatic rings. The Morgan fingerprint density at radius 2 is 1.80 bits per heavy atom. The number of nitrogen functional groups attached to an aromatic ring is 2. The van der Waals surface area contributed by atoms with E-state index in [1.54, 1.807) is 6.07 Å². The van der Waals surface area contributed by atoms with Crippen LogP contribution >= 0.6 is 0 Å². The number of halogens is 5. The lowest BCUT2D eigenvalue weighted by Gasteiger charge is -2.11. The molecule has 0 spiro atoms. The van der Waals surface area contributed by atoms with E-state index < -0.39 is 47.8 Å². The highest BCUT2D eigenvalue weighted by Crippen LogP contribution is 2.32. The largest absolute Gasteiger partial charge is 0.413 e. The van der Waals surface area contributed by atoms with Crippen molar-refractivity contribution in [1.29, 1.82) is 0 Å². The third-order valence-electron chi connectivity index (χ3n) is 4.59. The van der Waals surface area contributed by atoms with Gasteiger partial charge >= 0.3 is 12.3 Å². The van der Waals surface area contributed by atoms with E-state index in [1.165, 1.54) is 28.2 Å². The molecule has 0 aliphatic heterocycles. The first-order chi connectivity index (χ1) is 16.5. The lowest BCUT2D eigenvalue weighted by Crippen LogP contribution is -2.35. The molecule has 4 aromatic rings. The monoisotopic (exact) mass is 494 g/mol. The molecule has 1 amide bonds. The highest BCUT2D eigenvalue weighted by molar-refractivity contribution is 5.90. The van der Waals surface area contributed by atoms with Crippen LogP contribution in [0.2, 0.25) is 0 Å². The molecule has 15 heteroatoms. The van der Waals surface area contributed by atoms with E-state index in [0.717, 1.165) is 12.3 Å². The zero-order valence-electron chi connectivity index (χ0n) is 17.5. The van der Waals surface area contributed by atoms with Crippen LogP contribution in [0.3, 0.4) is 0 Å². The Kier molecular flexibility index (Phi) is 6.07. The fraction of sp³-hybridized carbons (Fsp3) is 0.150. The first-order valence-electron chi connectivity index (χ1n) is 9.73. The number of nitrogens with zero attached hydrogens (tertiary/aromatic N) is 5. The summed E-state index contributed by atoms with van der Waals surface area (Å²) in [6.07, 6.45) is -5.20. The maximum Gasteiger partial charge on any atom is 0.413 e. The van der Waals surface area contributed by atoms with E-state index >= 15 is 0 Å². The van der Waals surface area contributed by atoms with Gasteiger partial charge in [-0.25, -0.2) is 33.2 Å². The summed E-state index contributed by atoms with van der Waals surface area (Å²) in [7, 11) is 0. The SMILES string of the molecule is Nc1nc(-c2nn(Cc3ccccc3F)c3ncc(F)cc23)nc(N)c1OC(=O)NCC(F)(F)F. The van der Waals surface area contributed by atoms with Gasteiger partial charge in [0.1, 0.15) is 23.9 Å². The molecule has 3 aromatic heterocycles. The van der Waals surface area contributed by atoms with Crippen molar-refractivity contribution in [2.45, 2.75) is 12.7 Å². The smallest absolute Gasteiger partial charge is 0.402 e. The van der Waals surface area contributed by atoms with Gasteiger partial charge in [0, 0.05) is 5.56 Å². The van der Waals surface area contributed by atoms with Crippen LogP contribution in [0.1, 0.15) is 5.56 Å². The molecule has 0 saturated carbocycles. The van der Waals surface area contributed by atoms with Crippen LogP contribution in [0.25, 0.3) is 22.6 Å². The van der Waals surface area contributed by atoms with Crippen molar-refractivity contribution in [2.75, 3.05) is 18.0 Å². The van der Waals surface area contributed by atoms with E-state index in [-0.39, 0.29) is 34.7 Å². The summed E-state index contributed by atoms with van der Waals surface area (Å²) in [6.45, 7) is -1.71. The van der Waals surface area contributed by atoms with Crippen molar-refractivity contribution >= 4 is 28.8 Å². The number of fused-ring (bicyclic) bond motifs is 1. The van der Waals surface area contributed by atoms with E-state index in [1.807, 2.05) is 0 Å². The number of amides is 1. The molecule has 0 unspecified atom stereocenters. The van der Waals surface area contributed by atoms with Crippen LogP contribution in [0.15, 0.2) is 36.5 Å². The number of nitrogens with one attached hydrogen (secondary N) is 1. The van der Waals surface area contributed by atoms with Gasteiger partial charge in [0.2, 0.25) is 5.75 Å². The molecule has 0 fully saturated rings. The molecule has 0 aliphatic carbocycles. The summed E-state index contributed by atoms with van der Waals surface area (Å²) in [4.78, 5) is 23.5. The predicted octanol–water partition coefficient (Wildman–Crippen LogP) is 3.03. The molecule has 3 heterocycles. The molecule has 0 saturated heterocycles. The number of nitrogens with two attached hydrogens (primary N) is 2. The summed E-state index contributed by atoms with van der Waals surface area (Å²) < 4.78 is 70.9. The first-order valence-corrected chi connectivity index (χ1v) is 9.73. The number of benzene rings is 1. The van der Waals surface area contributed by atoms with Crippen molar-refractivity contribution in [3.05, 3.63) is 53.7 Å². The topological polar surface area (TPSA) is 147 Å². The van der Waals surface area contributed by atoms with Crippen molar-refractivity contribution in [2.24, 2.45) is 0 Å². The van der Waals surface area contributed by atoms with Crippen LogP contribution in [0.4, 0.5) is 38.4 Å². The van der Waals surface area contributed by atoms with Crippen LogP contribution in [0.5, 0.6) is 5.75 Å². The van der Waals surface area contributed by atoms with E-state index in [2.05, 4.69) is 20.1 Å². The Labute approximate surface area is 192 Å². The minimum absolute atomic E-state index is 0.0187. The molecule has 4 rings (SSSR count). The first kappa shape index (κ1) is 23.6. The second kappa shape index (κ2) is 9.00. The van der Waals surface area contributed by atoms with Gasteiger partial charge < -0.3 is 21.5 Å². The molecule has 35 heavy (non-hydrogen) atoms. The average Bonchev–Trinajstić information content (AvgIpc) is 3.13. The molecule has 0 radical (unpaired) electrons. The standard InChI is InChI=1S/C20H15F5N8O2/c21-10-5-11-13(32-33(18(11)28-6-10)7-9-3-1-2-4-12(9)22)17-30-15(26)14(16(27)31-17)35-19(34)29-8-20(23,24)25/h1-6H,7-8H2,(H,29,34)(H4,26,27,30,31). The molecule has 182 valence electrons. The minimum Gasteiger partial charge on any atom is -0.402 e. The van der Waals surface area contributed by atoms with Gasteiger partial charge in [-0.15, -0.1) is 0 Å². The average molecular weight is 494 g/mol. The van der Waals surface area contributed by atoms with Crippen molar-refractivity contribution in [3.63, 3.8) is 0 Å². The number of carbonyl (C=O) groups excluding carboxylic acids is 1. The third-order valence-corrected chi connectivity index (χ3v) is 4.59. The number of rotatable bonds is 5. The number of pyridine rings is 1. The highest BCUT2D eigenvalue weighted by atomic mass is 19.4. The highest BCUT2D eigenvalue weighted by Gasteiger charge is 2.29. The number of hydrogen-bond donors (Lipinski definition) is 3. The lowest BCUT2D eigenvalue weighted by atomic mass is 10.2. The zero-order valence-corrected chi connectivity index (χ0v) is 17.5. The van der Waals surface area contributed by atoms with Gasteiger partial charge in [0.25, 0.3) is 0 Å². The normalized spacial score (nSPS) is 11.6. The number of carbonyl (C=O) groups is 1. The van der Waals surface area contributed by atoms with Crippen LogP contribution in [0, 0.1) is 11.6 Å². The summed E-state index contributed by atoms with van der Waals surface area (Å²) in [5.74, 6) is -2.96. The van der Waals surface area contributed by atoms with Gasteiger partial charge in [-0.3, -0.25) is 0 Å². The van der Waals surface area contributed by atoms with E-state index in [4.69, 9.17) is 16.2 Å². The van der Waals surface area contributed by atoms with Crippen LogP contribution in [-0.2, 0) is 6.54 Å². The zero-order chi connectivity index (χ0) is 25.3. The molecular weight excluding hydrogens is 479 g/mol. The number of aromatic nitrogens is 5. The Morgan fingerprint density at radius 1 is 1.11 bits per heavy atom. The van der Waals surface area contributed by atoms with Gasteiger partial charge in [0.05, 0.1) is 18.1 Å². The molecule has 0 bridgehead atoms. The van der Waals surface area contributed by atoms with Gasteiger partial charge in [-0.1, -0.05) is 18.2 Å². The predicted molar refractivity (Wildman–Crippen MR) is 113 cm³/mol.